The van der Waals surface area contributed by atoms with Crippen LogP contribution in [0.5, 0.6) is 0 Å². The smallest absolute Gasteiger partial charge is 0.0472 e. The van der Waals surface area contributed by atoms with Crippen LogP contribution in [0.1, 0.15) is 35.7 Å². The van der Waals surface area contributed by atoms with Gasteiger partial charge in [-0.15, -0.1) is 0 Å². The van der Waals surface area contributed by atoms with Crippen molar-refractivity contribution in [1.82, 2.24) is 4.98 Å². The van der Waals surface area contributed by atoms with Gasteiger partial charge in [-0.3, -0.25) is 0 Å². The Hall–Kier alpha value is -0.800. The number of aromatic amines is 1. The second-order valence-electron chi connectivity index (χ2n) is 3.97. The predicted molar refractivity (Wildman–Crippen MR) is 56.2 cm³/mol. The van der Waals surface area contributed by atoms with Crippen molar-refractivity contribution in [2.24, 2.45) is 5.73 Å². The van der Waals surface area contributed by atoms with Gasteiger partial charge in [-0.25, -0.2) is 0 Å². The maximum Gasteiger partial charge on any atom is 0.0472 e. The molecule has 2 heterocycles. The Morgan fingerprint density at radius 2 is 2.21 bits per heavy atom. The summed E-state index contributed by atoms with van der Waals surface area (Å²) < 4.78 is 5.35. The maximum absolute atomic E-state index is 5.65. The molecule has 0 bridgehead atoms. The first-order valence-electron chi connectivity index (χ1n) is 5.27. The molecule has 1 aromatic heterocycles. The third-order valence-corrected chi connectivity index (χ3v) is 3.02. The van der Waals surface area contributed by atoms with Crippen LogP contribution in [0.25, 0.3) is 0 Å². The van der Waals surface area contributed by atoms with Gasteiger partial charge in [0.05, 0.1) is 0 Å². The van der Waals surface area contributed by atoms with E-state index in [-0.39, 0.29) is 0 Å². The summed E-state index contributed by atoms with van der Waals surface area (Å²) in [4.78, 5) is 3.43. The van der Waals surface area contributed by atoms with E-state index in [2.05, 4.69) is 18.0 Å². The quantitative estimate of drug-likeness (QED) is 0.752. The number of nitrogens with one attached hydrogen (secondary N) is 1. The van der Waals surface area contributed by atoms with Crippen LogP contribution in [0.3, 0.4) is 0 Å². The van der Waals surface area contributed by atoms with Gasteiger partial charge >= 0.3 is 0 Å². The molecular formula is C11H18N2O. The van der Waals surface area contributed by atoms with Gasteiger partial charge in [0.25, 0.3) is 0 Å². The maximum atomic E-state index is 5.65. The van der Waals surface area contributed by atoms with Gasteiger partial charge in [-0.05, 0) is 31.4 Å². The molecule has 1 aliphatic rings. The topological polar surface area (TPSA) is 51.0 Å². The van der Waals surface area contributed by atoms with E-state index >= 15 is 0 Å². The van der Waals surface area contributed by atoms with E-state index in [1.165, 1.54) is 17.0 Å². The summed E-state index contributed by atoms with van der Waals surface area (Å²) in [6.45, 7) is 4.50. The first-order valence-corrected chi connectivity index (χ1v) is 5.27. The summed E-state index contributed by atoms with van der Waals surface area (Å²) in [6.07, 6.45) is 2.26. The summed E-state index contributed by atoms with van der Waals surface area (Å²) in [5.41, 5.74) is 9.45. The number of hydrogen-bond donors (Lipinski definition) is 2. The van der Waals surface area contributed by atoms with E-state index in [0.717, 1.165) is 26.1 Å². The van der Waals surface area contributed by atoms with Crippen molar-refractivity contribution in [3.8, 4) is 0 Å². The lowest BCUT2D eigenvalue weighted by Gasteiger charge is -2.20. The standard InChI is InChI=1S/C11H18N2O/c1-8-10(7-12)6-11(13-8)9-2-4-14-5-3-9/h6,9,13H,2-5,7,12H2,1H3. The molecular weight excluding hydrogens is 176 g/mol. The van der Waals surface area contributed by atoms with Crippen molar-refractivity contribution in [3.63, 3.8) is 0 Å². The second-order valence-corrected chi connectivity index (χ2v) is 3.97. The monoisotopic (exact) mass is 194 g/mol. The molecule has 1 aromatic rings. The third-order valence-electron chi connectivity index (χ3n) is 3.02. The molecule has 3 nitrogen and oxygen atoms in total. The highest BCUT2D eigenvalue weighted by atomic mass is 16.5. The second kappa shape index (κ2) is 4.15. The van der Waals surface area contributed by atoms with Crippen LogP contribution in [-0.4, -0.2) is 18.2 Å². The van der Waals surface area contributed by atoms with Crippen molar-refractivity contribution in [1.29, 1.82) is 0 Å². The van der Waals surface area contributed by atoms with Crippen LogP contribution >= 0.6 is 0 Å². The van der Waals surface area contributed by atoms with Gasteiger partial charge in [0, 0.05) is 37.1 Å². The van der Waals surface area contributed by atoms with Gasteiger partial charge in [-0.2, -0.15) is 0 Å². The first-order chi connectivity index (χ1) is 6.81. The van der Waals surface area contributed by atoms with Crippen molar-refractivity contribution in [3.05, 3.63) is 23.0 Å². The Labute approximate surface area is 84.6 Å². The Morgan fingerprint density at radius 3 is 2.79 bits per heavy atom. The number of nitrogens with two attached hydrogens (primary N) is 1. The molecule has 3 N–H and O–H groups in total. The molecule has 0 saturated carbocycles. The highest BCUT2D eigenvalue weighted by Gasteiger charge is 2.18. The number of ether oxygens (including phenoxy) is 1. The first kappa shape index (κ1) is 9.74. The summed E-state index contributed by atoms with van der Waals surface area (Å²) in [7, 11) is 0. The van der Waals surface area contributed by atoms with Crippen LogP contribution in [0.4, 0.5) is 0 Å². The summed E-state index contributed by atoms with van der Waals surface area (Å²) in [5.74, 6) is 0.641. The molecule has 0 unspecified atom stereocenters. The fraction of sp³-hybridized carbons (Fsp3) is 0.636. The Morgan fingerprint density at radius 1 is 1.50 bits per heavy atom. The molecule has 0 atom stereocenters. The minimum absolute atomic E-state index is 0.631. The van der Waals surface area contributed by atoms with Crippen molar-refractivity contribution < 1.29 is 4.74 Å². The van der Waals surface area contributed by atoms with Crippen LogP contribution in [0.15, 0.2) is 6.07 Å². The van der Waals surface area contributed by atoms with Crippen LogP contribution in [0, 0.1) is 6.92 Å². The minimum Gasteiger partial charge on any atom is -0.381 e. The van der Waals surface area contributed by atoms with Crippen LogP contribution < -0.4 is 5.73 Å². The lowest BCUT2D eigenvalue weighted by Crippen LogP contribution is -2.14. The van der Waals surface area contributed by atoms with Crippen LogP contribution in [-0.2, 0) is 11.3 Å². The molecule has 1 saturated heterocycles. The molecule has 1 aliphatic heterocycles. The zero-order valence-electron chi connectivity index (χ0n) is 8.68. The third kappa shape index (κ3) is 1.83. The van der Waals surface area contributed by atoms with E-state index in [4.69, 9.17) is 10.5 Å². The largest absolute Gasteiger partial charge is 0.381 e. The molecule has 0 aliphatic carbocycles. The molecule has 0 radical (unpaired) electrons. The number of hydrogen-bond acceptors (Lipinski definition) is 2. The van der Waals surface area contributed by atoms with Gasteiger partial charge in [0.2, 0.25) is 0 Å². The number of aromatic nitrogens is 1. The molecule has 0 amide bonds. The van der Waals surface area contributed by atoms with E-state index < -0.39 is 0 Å². The summed E-state index contributed by atoms with van der Waals surface area (Å²) in [6, 6.07) is 2.21. The lowest BCUT2D eigenvalue weighted by atomic mass is 9.96. The number of H-pyrrole nitrogens is 1. The molecule has 3 heteroatoms. The molecule has 0 aromatic carbocycles. The molecule has 0 spiro atoms. The van der Waals surface area contributed by atoms with Gasteiger partial charge < -0.3 is 15.5 Å². The molecule has 1 fully saturated rings. The number of aryl methyl sites for hydroxylation is 1. The highest BCUT2D eigenvalue weighted by Crippen LogP contribution is 2.27. The summed E-state index contributed by atoms with van der Waals surface area (Å²) in [5, 5.41) is 0. The van der Waals surface area contributed by atoms with Gasteiger partial charge in [-0.1, -0.05) is 0 Å². The Balaban J connectivity index is 2.14. The van der Waals surface area contributed by atoms with Crippen LogP contribution in [0.2, 0.25) is 0 Å². The highest BCUT2D eigenvalue weighted by molar-refractivity contribution is 5.27. The average Bonchev–Trinajstić information content (AvgIpc) is 2.61. The Bertz CT molecular complexity index is 300. The van der Waals surface area contributed by atoms with Crippen molar-refractivity contribution in [2.45, 2.75) is 32.2 Å². The normalized spacial score (nSPS) is 18.7. The van der Waals surface area contributed by atoms with E-state index in [0.29, 0.717) is 12.5 Å². The fourth-order valence-electron chi connectivity index (χ4n) is 2.07. The van der Waals surface area contributed by atoms with Gasteiger partial charge in [0.1, 0.15) is 0 Å². The van der Waals surface area contributed by atoms with Crippen molar-refractivity contribution in [2.75, 3.05) is 13.2 Å². The zero-order valence-corrected chi connectivity index (χ0v) is 8.68. The molecule has 2 rings (SSSR count). The summed E-state index contributed by atoms with van der Waals surface area (Å²) >= 11 is 0. The SMILES string of the molecule is Cc1[nH]c(C2CCOCC2)cc1CN. The fourth-order valence-corrected chi connectivity index (χ4v) is 2.07. The van der Waals surface area contributed by atoms with E-state index in [1.807, 2.05) is 0 Å². The Kier molecular flexibility index (Phi) is 2.89. The zero-order chi connectivity index (χ0) is 9.97. The average molecular weight is 194 g/mol. The van der Waals surface area contributed by atoms with Gasteiger partial charge in [0.15, 0.2) is 0 Å². The number of rotatable bonds is 2. The lowest BCUT2D eigenvalue weighted by molar-refractivity contribution is 0.0846. The molecule has 78 valence electrons. The van der Waals surface area contributed by atoms with Crippen molar-refractivity contribution >= 4 is 0 Å². The van der Waals surface area contributed by atoms with E-state index in [9.17, 15) is 0 Å². The minimum atomic E-state index is 0.631. The van der Waals surface area contributed by atoms with E-state index in [1.54, 1.807) is 0 Å². The molecule has 14 heavy (non-hydrogen) atoms. The predicted octanol–water partition coefficient (Wildman–Crippen LogP) is 1.68.